The van der Waals surface area contributed by atoms with Crippen molar-refractivity contribution in [3.05, 3.63) is 107 Å². The third kappa shape index (κ3) is 4.00. The lowest BCUT2D eigenvalue weighted by Crippen LogP contribution is -2.56. The number of aryl methyl sites for hydroxylation is 3. The predicted molar refractivity (Wildman–Crippen MR) is 137 cm³/mol. The number of aliphatic hydroxyl groups is 1. The van der Waals surface area contributed by atoms with E-state index in [9.17, 15) is 19.1 Å². The minimum atomic E-state index is -1.03. The number of carbonyl (C=O) groups is 2. The fourth-order valence-electron chi connectivity index (χ4n) is 5.42. The molecule has 2 aliphatic rings. The molecule has 36 heavy (non-hydrogen) atoms. The second-order valence-electron chi connectivity index (χ2n) is 9.45. The van der Waals surface area contributed by atoms with E-state index in [1.54, 1.807) is 54.6 Å². The van der Waals surface area contributed by atoms with Crippen LogP contribution in [0, 0.1) is 32.5 Å². The average Bonchev–Trinajstić information content (AvgIpc) is 3.10. The maximum atomic E-state index is 14.7. The molecular formula is C29H28FN3O3. The molecule has 0 aliphatic carbocycles. The number of anilines is 2. The number of fused-ring (bicyclic) bond motifs is 1. The zero-order chi connectivity index (χ0) is 25.6. The van der Waals surface area contributed by atoms with E-state index in [0.717, 1.165) is 22.3 Å². The zero-order valence-electron chi connectivity index (χ0n) is 20.4. The topological polar surface area (TPSA) is 72.9 Å². The molecule has 0 spiro atoms. The van der Waals surface area contributed by atoms with Crippen LogP contribution in [0.4, 0.5) is 15.8 Å². The van der Waals surface area contributed by atoms with Gasteiger partial charge in [0, 0.05) is 0 Å². The first kappa shape index (κ1) is 23.9. The molecule has 0 bridgehead atoms. The molecule has 2 heterocycles. The molecule has 2 aliphatic heterocycles. The van der Waals surface area contributed by atoms with Crippen LogP contribution in [-0.4, -0.2) is 34.0 Å². The van der Waals surface area contributed by atoms with Crippen molar-refractivity contribution in [3.63, 3.8) is 0 Å². The Morgan fingerprint density at radius 2 is 1.53 bits per heavy atom. The number of halogens is 1. The van der Waals surface area contributed by atoms with Gasteiger partial charge >= 0.3 is 0 Å². The first-order valence-corrected chi connectivity index (χ1v) is 11.9. The number of rotatable bonds is 5. The Balaban J connectivity index is 1.59. The van der Waals surface area contributed by atoms with E-state index in [-0.39, 0.29) is 11.6 Å². The van der Waals surface area contributed by atoms with Gasteiger partial charge in [-0.25, -0.2) is 14.3 Å². The standard InChI is InChI=1S/C29H28FN3O3/c1-17-15-18(2)25(19(3)16-17)27(34)24-14-13-21-26(33(24)31-23-12-8-7-11-22(23)30)29(36)32(28(21)35)20-9-5-4-6-10-20/h4-16,21,24,26-27,31,34H,1-3H3. The average molecular weight is 486 g/mol. The monoisotopic (exact) mass is 485 g/mol. The molecule has 3 aromatic carbocycles. The second kappa shape index (κ2) is 9.33. The lowest BCUT2D eigenvalue weighted by atomic mass is 9.87. The lowest BCUT2D eigenvalue weighted by Gasteiger charge is -2.41. The molecule has 0 radical (unpaired) electrons. The molecular weight excluding hydrogens is 457 g/mol. The summed E-state index contributed by atoms with van der Waals surface area (Å²) in [5, 5.41) is 13.2. The largest absolute Gasteiger partial charge is 0.386 e. The van der Waals surface area contributed by atoms with Crippen LogP contribution in [0.25, 0.3) is 0 Å². The third-order valence-corrected chi connectivity index (χ3v) is 6.95. The minimum Gasteiger partial charge on any atom is -0.386 e. The van der Waals surface area contributed by atoms with Crippen LogP contribution < -0.4 is 10.3 Å². The molecule has 2 amide bonds. The molecule has 1 fully saturated rings. The van der Waals surface area contributed by atoms with E-state index in [2.05, 4.69) is 5.43 Å². The van der Waals surface area contributed by atoms with Crippen LogP contribution in [0.5, 0.6) is 0 Å². The molecule has 184 valence electrons. The Bertz CT molecular complexity index is 1330. The Morgan fingerprint density at radius 1 is 0.889 bits per heavy atom. The van der Waals surface area contributed by atoms with Gasteiger partial charge in [0.15, 0.2) is 0 Å². The van der Waals surface area contributed by atoms with Crippen LogP contribution in [0.2, 0.25) is 0 Å². The van der Waals surface area contributed by atoms with Crippen molar-refractivity contribution in [1.82, 2.24) is 5.01 Å². The van der Waals surface area contributed by atoms with Crippen LogP contribution in [0.3, 0.4) is 0 Å². The first-order valence-electron chi connectivity index (χ1n) is 11.9. The molecule has 6 nitrogen and oxygen atoms in total. The number of hydrogen-bond donors (Lipinski definition) is 2. The Hall–Kier alpha value is -3.81. The molecule has 0 aromatic heterocycles. The summed E-state index contributed by atoms with van der Waals surface area (Å²) >= 11 is 0. The SMILES string of the molecule is Cc1cc(C)c(C(O)C2C=CC3C(=O)N(c4ccccc4)C(=O)C3N2Nc2ccccc2F)c(C)c1. The van der Waals surface area contributed by atoms with Crippen LogP contribution in [0.1, 0.15) is 28.4 Å². The number of hydrogen-bond acceptors (Lipinski definition) is 5. The molecule has 4 atom stereocenters. The lowest BCUT2D eigenvalue weighted by molar-refractivity contribution is -0.123. The van der Waals surface area contributed by atoms with Gasteiger partial charge in [-0.3, -0.25) is 9.59 Å². The highest BCUT2D eigenvalue weighted by atomic mass is 19.1. The molecule has 1 saturated heterocycles. The highest BCUT2D eigenvalue weighted by molar-refractivity contribution is 6.24. The fourth-order valence-corrected chi connectivity index (χ4v) is 5.42. The van der Waals surface area contributed by atoms with E-state index >= 15 is 0 Å². The number of imide groups is 1. The van der Waals surface area contributed by atoms with Gasteiger partial charge in [-0.2, -0.15) is 0 Å². The molecule has 3 aromatic rings. The molecule has 5 rings (SSSR count). The Morgan fingerprint density at radius 3 is 2.19 bits per heavy atom. The predicted octanol–water partition coefficient (Wildman–Crippen LogP) is 4.61. The molecule has 7 heteroatoms. The molecule has 0 saturated carbocycles. The highest BCUT2D eigenvalue weighted by Crippen LogP contribution is 2.39. The van der Waals surface area contributed by atoms with Gasteiger partial charge in [0.25, 0.3) is 5.91 Å². The maximum absolute atomic E-state index is 14.7. The fraction of sp³-hybridized carbons (Fsp3) is 0.241. The quantitative estimate of drug-likeness (QED) is 0.408. The summed E-state index contributed by atoms with van der Waals surface area (Å²) in [6.45, 7) is 5.86. The van der Waals surface area contributed by atoms with Gasteiger partial charge in [0.05, 0.1) is 23.3 Å². The summed E-state index contributed by atoms with van der Waals surface area (Å²) in [6, 6.07) is 17.2. The van der Waals surface area contributed by atoms with Gasteiger partial charge in [-0.05, 0) is 61.7 Å². The van der Waals surface area contributed by atoms with Crippen LogP contribution in [0.15, 0.2) is 78.9 Å². The number of nitrogens with one attached hydrogen (secondary N) is 1. The summed E-state index contributed by atoms with van der Waals surface area (Å²) in [7, 11) is 0. The van der Waals surface area contributed by atoms with E-state index in [1.165, 1.54) is 16.0 Å². The third-order valence-electron chi connectivity index (χ3n) is 6.95. The zero-order valence-corrected chi connectivity index (χ0v) is 20.4. The van der Waals surface area contributed by atoms with Crippen molar-refractivity contribution < 1.29 is 19.1 Å². The van der Waals surface area contributed by atoms with Crippen molar-refractivity contribution in [3.8, 4) is 0 Å². The number of carbonyl (C=O) groups excluding carboxylic acids is 2. The minimum absolute atomic E-state index is 0.152. The highest BCUT2D eigenvalue weighted by Gasteiger charge is 2.54. The van der Waals surface area contributed by atoms with Crippen LogP contribution >= 0.6 is 0 Å². The van der Waals surface area contributed by atoms with Gasteiger partial charge in [-0.15, -0.1) is 0 Å². The van der Waals surface area contributed by atoms with Gasteiger partial charge in [0.2, 0.25) is 5.91 Å². The second-order valence-corrected chi connectivity index (χ2v) is 9.45. The molecule has 4 unspecified atom stereocenters. The Labute approximate surface area is 209 Å². The van der Waals surface area contributed by atoms with E-state index in [1.807, 2.05) is 39.0 Å². The van der Waals surface area contributed by atoms with E-state index in [0.29, 0.717) is 5.69 Å². The summed E-state index contributed by atoms with van der Waals surface area (Å²) in [4.78, 5) is 28.3. The van der Waals surface area contributed by atoms with E-state index in [4.69, 9.17) is 0 Å². The Kier molecular flexibility index (Phi) is 6.20. The summed E-state index contributed by atoms with van der Waals surface area (Å²) in [5.74, 6) is -2.07. The number of nitrogens with zero attached hydrogens (tertiary/aromatic N) is 2. The van der Waals surface area contributed by atoms with Gasteiger partial charge in [-0.1, -0.05) is 60.2 Å². The summed E-state index contributed by atoms with van der Waals surface area (Å²) in [5.41, 5.74) is 7.33. The van der Waals surface area contributed by atoms with Gasteiger partial charge in [0.1, 0.15) is 18.0 Å². The first-order chi connectivity index (χ1) is 17.3. The van der Waals surface area contributed by atoms with Crippen molar-refractivity contribution in [2.45, 2.75) is 39.0 Å². The normalized spacial score (nSPS) is 22.6. The smallest absolute Gasteiger partial charge is 0.254 e. The van der Waals surface area contributed by atoms with Crippen molar-refractivity contribution in [2.75, 3.05) is 10.3 Å². The molecule has 2 N–H and O–H groups in total. The van der Waals surface area contributed by atoms with Gasteiger partial charge < -0.3 is 10.5 Å². The maximum Gasteiger partial charge on any atom is 0.254 e. The van der Waals surface area contributed by atoms with Crippen LogP contribution in [-0.2, 0) is 9.59 Å². The van der Waals surface area contributed by atoms with Crippen molar-refractivity contribution >= 4 is 23.2 Å². The number of amides is 2. The number of hydrazine groups is 1. The van der Waals surface area contributed by atoms with Crippen molar-refractivity contribution in [1.29, 1.82) is 0 Å². The van der Waals surface area contributed by atoms with Crippen molar-refractivity contribution in [2.24, 2.45) is 5.92 Å². The summed E-state index contributed by atoms with van der Waals surface area (Å²) < 4.78 is 14.7. The summed E-state index contributed by atoms with van der Waals surface area (Å²) in [6.07, 6.45) is 2.40. The number of aliphatic hydroxyl groups excluding tert-OH is 1. The number of para-hydroxylation sites is 2. The van der Waals surface area contributed by atoms with E-state index < -0.39 is 35.8 Å². The number of benzene rings is 3.